The second kappa shape index (κ2) is 5.98. The van der Waals surface area contributed by atoms with Gasteiger partial charge in [-0.2, -0.15) is 0 Å². The number of hydrogen-bond acceptors (Lipinski definition) is 3. The maximum absolute atomic E-state index is 6.16. The van der Waals surface area contributed by atoms with Gasteiger partial charge in [0.25, 0.3) is 0 Å². The molecule has 0 atom stereocenters. The molecular weight excluding hydrogens is 290 g/mol. The summed E-state index contributed by atoms with van der Waals surface area (Å²) >= 11 is 7.91. The zero-order valence-electron chi connectivity index (χ0n) is 11.3. The smallest absolute Gasteiger partial charge is 0.127 e. The van der Waals surface area contributed by atoms with Crippen LogP contribution in [0.3, 0.4) is 0 Å². The first-order valence-electron chi connectivity index (χ1n) is 6.58. The van der Waals surface area contributed by atoms with Gasteiger partial charge in [-0.15, -0.1) is 11.8 Å². The molecule has 0 saturated heterocycles. The predicted octanol–water partition coefficient (Wildman–Crippen LogP) is 4.61. The number of ether oxygens (including phenoxy) is 1. The topological polar surface area (TPSA) is 21.3 Å². The molecule has 0 amide bonds. The van der Waals surface area contributed by atoms with Gasteiger partial charge < -0.3 is 10.1 Å². The van der Waals surface area contributed by atoms with Crippen molar-refractivity contribution >= 4 is 29.1 Å². The Kier molecular flexibility index (Phi) is 4.08. The highest BCUT2D eigenvalue weighted by atomic mass is 35.5. The van der Waals surface area contributed by atoms with Crippen LogP contribution in [-0.2, 0) is 13.0 Å². The van der Waals surface area contributed by atoms with Crippen molar-refractivity contribution in [1.82, 2.24) is 0 Å². The van der Waals surface area contributed by atoms with Gasteiger partial charge in [-0.25, -0.2) is 0 Å². The Balaban J connectivity index is 1.75. The standard InChI is InChI=1S/C16H16ClNOS/c1-20-15-4-2-14(3-5-15)18-10-12-9-13(17)8-11-6-7-19-16(11)12/h2-5,8-9,18H,6-7,10H2,1H3. The molecule has 104 valence electrons. The highest BCUT2D eigenvalue weighted by Crippen LogP contribution is 2.33. The summed E-state index contributed by atoms with van der Waals surface area (Å²) in [5.41, 5.74) is 3.44. The van der Waals surface area contributed by atoms with E-state index in [1.54, 1.807) is 11.8 Å². The molecule has 2 aromatic rings. The van der Waals surface area contributed by atoms with Gasteiger partial charge >= 0.3 is 0 Å². The van der Waals surface area contributed by atoms with E-state index >= 15 is 0 Å². The molecule has 0 spiro atoms. The molecule has 0 unspecified atom stereocenters. The first-order valence-corrected chi connectivity index (χ1v) is 8.18. The maximum atomic E-state index is 6.16. The van der Waals surface area contributed by atoms with Crippen molar-refractivity contribution in [3.8, 4) is 5.75 Å². The monoisotopic (exact) mass is 305 g/mol. The van der Waals surface area contributed by atoms with Crippen LogP contribution in [0.15, 0.2) is 41.3 Å². The summed E-state index contributed by atoms with van der Waals surface area (Å²) < 4.78 is 5.71. The maximum Gasteiger partial charge on any atom is 0.127 e. The Morgan fingerprint density at radius 1 is 1.25 bits per heavy atom. The molecule has 0 aliphatic carbocycles. The summed E-state index contributed by atoms with van der Waals surface area (Å²) in [6.07, 6.45) is 3.03. The van der Waals surface area contributed by atoms with Gasteiger partial charge in [0.05, 0.1) is 6.61 Å². The molecule has 0 aromatic heterocycles. The molecule has 2 nitrogen and oxygen atoms in total. The molecule has 1 aliphatic heterocycles. The number of anilines is 1. The fourth-order valence-corrected chi connectivity index (χ4v) is 3.06. The number of thioether (sulfide) groups is 1. The molecule has 2 aromatic carbocycles. The Labute approximate surface area is 128 Å². The van der Waals surface area contributed by atoms with Crippen LogP contribution in [0.5, 0.6) is 5.75 Å². The Morgan fingerprint density at radius 2 is 2.05 bits per heavy atom. The highest BCUT2D eigenvalue weighted by Gasteiger charge is 2.17. The molecule has 4 heteroatoms. The van der Waals surface area contributed by atoms with E-state index in [1.165, 1.54) is 10.5 Å². The van der Waals surface area contributed by atoms with Gasteiger partial charge in [-0.3, -0.25) is 0 Å². The van der Waals surface area contributed by atoms with Crippen molar-refractivity contribution in [2.75, 3.05) is 18.2 Å². The predicted molar refractivity (Wildman–Crippen MR) is 86.2 cm³/mol. The van der Waals surface area contributed by atoms with Crippen LogP contribution in [0.25, 0.3) is 0 Å². The molecule has 1 heterocycles. The van der Waals surface area contributed by atoms with Crippen LogP contribution in [0.1, 0.15) is 11.1 Å². The quantitative estimate of drug-likeness (QED) is 0.834. The average Bonchev–Trinajstić information content (AvgIpc) is 2.93. The van der Waals surface area contributed by atoms with Crippen molar-refractivity contribution in [1.29, 1.82) is 0 Å². The summed E-state index contributed by atoms with van der Waals surface area (Å²) in [4.78, 5) is 1.27. The third-order valence-corrected chi connectivity index (χ3v) is 4.36. The van der Waals surface area contributed by atoms with E-state index in [1.807, 2.05) is 12.1 Å². The minimum atomic E-state index is 0.724. The third-order valence-electron chi connectivity index (χ3n) is 3.40. The first-order chi connectivity index (χ1) is 9.76. The number of halogens is 1. The summed E-state index contributed by atoms with van der Waals surface area (Å²) in [6, 6.07) is 12.4. The Hall–Kier alpha value is -1.32. The lowest BCUT2D eigenvalue weighted by Crippen LogP contribution is -2.01. The van der Waals surface area contributed by atoms with E-state index < -0.39 is 0 Å². The molecule has 3 rings (SSSR count). The molecule has 20 heavy (non-hydrogen) atoms. The fraction of sp³-hybridized carbons (Fsp3) is 0.250. The van der Waals surface area contributed by atoms with Crippen LogP contribution in [-0.4, -0.2) is 12.9 Å². The summed E-state index contributed by atoms with van der Waals surface area (Å²) in [5, 5.41) is 4.20. The van der Waals surface area contributed by atoms with Crippen LogP contribution in [0.4, 0.5) is 5.69 Å². The van der Waals surface area contributed by atoms with E-state index in [0.717, 1.165) is 41.6 Å². The minimum Gasteiger partial charge on any atom is -0.493 e. The second-order valence-corrected chi connectivity index (χ2v) is 6.05. The third kappa shape index (κ3) is 2.89. The fourth-order valence-electron chi connectivity index (χ4n) is 2.38. The van der Waals surface area contributed by atoms with E-state index in [0.29, 0.717) is 0 Å². The zero-order chi connectivity index (χ0) is 13.9. The highest BCUT2D eigenvalue weighted by molar-refractivity contribution is 7.98. The van der Waals surface area contributed by atoms with Gasteiger partial charge in [-0.1, -0.05) is 11.6 Å². The van der Waals surface area contributed by atoms with Crippen LogP contribution in [0.2, 0.25) is 5.02 Å². The SMILES string of the molecule is CSc1ccc(NCc2cc(Cl)cc3c2OCC3)cc1. The first kappa shape index (κ1) is 13.7. The number of nitrogens with one attached hydrogen (secondary N) is 1. The van der Waals surface area contributed by atoms with E-state index in [4.69, 9.17) is 16.3 Å². The lowest BCUT2D eigenvalue weighted by Gasteiger charge is -2.11. The van der Waals surface area contributed by atoms with Gasteiger partial charge in [0.1, 0.15) is 5.75 Å². The molecule has 0 radical (unpaired) electrons. The number of rotatable bonds is 4. The van der Waals surface area contributed by atoms with E-state index in [2.05, 4.69) is 35.8 Å². The summed E-state index contributed by atoms with van der Waals surface area (Å²) in [7, 11) is 0. The summed E-state index contributed by atoms with van der Waals surface area (Å²) in [5.74, 6) is 1.00. The zero-order valence-corrected chi connectivity index (χ0v) is 12.9. The average molecular weight is 306 g/mol. The lowest BCUT2D eigenvalue weighted by molar-refractivity contribution is 0.354. The van der Waals surface area contributed by atoms with Crippen LogP contribution in [0, 0.1) is 0 Å². The lowest BCUT2D eigenvalue weighted by atomic mass is 10.1. The largest absolute Gasteiger partial charge is 0.493 e. The number of fused-ring (bicyclic) bond motifs is 1. The van der Waals surface area contributed by atoms with Crippen LogP contribution < -0.4 is 10.1 Å². The second-order valence-electron chi connectivity index (χ2n) is 4.73. The molecular formula is C16H16ClNOS. The van der Waals surface area contributed by atoms with Gasteiger partial charge in [0.2, 0.25) is 0 Å². The number of hydrogen-bond donors (Lipinski definition) is 1. The molecule has 1 aliphatic rings. The van der Waals surface area contributed by atoms with E-state index in [9.17, 15) is 0 Å². The van der Waals surface area contributed by atoms with Crippen molar-refractivity contribution in [3.05, 3.63) is 52.5 Å². The van der Waals surface area contributed by atoms with Crippen molar-refractivity contribution in [3.63, 3.8) is 0 Å². The molecule has 0 fully saturated rings. The van der Waals surface area contributed by atoms with Crippen LogP contribution >= 0.6 is 23.4 Å². The normalized spacial score (nSPS) is 12.9. The summed E-state index contributed by atoms with van der Waals surface area (Å²) in [6.45, 7) is 1.48. The molecule has 1 N–H and O–H groups in total. The van der Waals surface area contributed by atoms with Gasteiger partial charge in [0, 0.05) is 34.1 Å². The van der Waals surface area contributed by atoms with Crippen molar-refractivity contribution in [2.45, 2.75) is 17.9 Å². The van der Waals surface area contributed by atoms with Crippen molar-refractivity contribution < 1.29 is 4.74 Å². The number of benzene rings is 2. The van der Waals surface area contributed by atoms with Gasteiger partial charge in [-0.05, 0) is 48.2 Å². The molecule has 0 saturated carbocycles. The van der Waals surface area contributed by atoms with Gasteiger partial charge in [0.15, 0.2) is 0 Å². The Morgan fingerprint density at radius 3 is 2.80 bits per heavy atom. The Bertz CT molecular complexity index is 613. The van der Waals surface area contributed by atoms with Crippen molar-refractivity contribution in [2.24, 2.45) is 0 Å². The van der Waals surface area contributed by atoms with E-state index in [-0.39, 0.29) is 0 Å². The minimum absolute atomic E-state index is 0.724. The molecule has 0 bridgehead atoms.